The molecule has 2 rings (SSSR count). The van der Waals surface area contributed by atoms with Gasteiger partial charge >= 0.3 is 5.97 Å². The van der Waals surface area contributed by atoms with Gasteiger partial charge in [-0.1, -0.05) is 43.4 Å². The number of carboxylic acids is 1. The van der Waals surface area contributed by atoms with Crippen LogP contribution >= 0.6 is 0 Å². The minimum absolute atomic E-state index is 0.393. The monoisotopic (exact) mass is 263 g/mol. The van der Waals surface area contributed by atoms with E-state index >= 15 is 0 Å². The quantitative estimate of drug-likeness (QED) is 0.849. The third-order valence-electron chi connectivity index (χ3n) is 3.98. The highest BCUT2D eigenvalue weighted by molar-refractivity contribution is 6.75. The third kappa shape index (κ3) is 2.82. The summed E-state index contributed by atoms with van der Waals surface area (Å²) < 4.78 is 2.44. The molecule has 0 amide bonds. The molecule has 1 fully saturated rings. The van der Waals surface area contributed by atoms with E-state index in [1.165, 1.54) is 12.5 Å². The van der Waals surface area contributed by atoms with Crippen LogP contribution < -0.4 is 0 Å². The van der Waals surface area contributed by atoms with E-state index in [0.29, 0.717) is 6.54 Å². The van der Waals surface area contributed by atoms with Crippen LogP contribution in [0, 0.1) is 0 Å². The molecule has 98 valence electrons. The summed E-state index contributed by atoms with van der Waals surface area (Å²) in [5.74, 6) is -1.10. The number of nitrogens with zero attached hydrogens (tertiary/aromatic N) is 1. The largest absolute Gasteiger partial charge is 0.481 e. The van der Waals surface area contributed by atoms with Gasteiger partial charge in [0, 0.05) is 6.54 Å². The molecule has 3 nitrogen and oxygen atoms in total. The summed E-state index contributed by atoms with van der Waals surface area (Å²) in [5, 5.41) is 9.45. The summed E-state index contributed by atoms with van der Waals surface area (Å²) >= 11 is 0. The Morgan fingerprint density at radius 1 is 1.39 bits per heavy atom. The molecule has 1 atom stereocenters. The van der Waals surface area contributed by atoms with E-state index in [0.717, 1.165) is 12.1 Å². The number of carboxylic acid groups (broad SMARTS) is 1. The predicted octanol–water partition coefficient (Wildman–Crippen LogP) is 2.77. The summed E-state index contributed by atoms with van der Waals surface area (Å²) in [7, 11) is -1.34. The molecule has 0 aromatic heterocycles. The van der Waals surface area contributed by atoms with Crippen LogP contribution in [0.4, 0.5) is 0 Å². The number of benzene rings is 1. The molecule has 1 aromatic rings. The first-order valence-corrected chi connectivity index (χ1v) is 9.69. The van der Waals surface area contributed by atoms with Gasteiger partial charge in [-0.05, 0) is 24.6 Å². The number of carbonyl (C=O) groups is 1. The molecule has 1 heterocycles. The molecule has 0 aliphatic carbocycles. The molecule has 1 saturated heterocycles. The highest BCUT2D eigenvalue weighted by Crippen LogP contribution is 2.29. The first-order chi connectivity index (χ1) is 8.50. The van der Waals surface area contributed by atoms with Gasteiger partial charge in [0.1, 0.15) is 8.24 Å². The van der Waals surface area contributed by atoms with E-state index < -0.39 is 20.1 Å². The smallest absolute Gasteiger partial charge is 0.312 e. The zero-order chi connectivity index (χ0) is 13.2. The maximum atomic E-state index is 11.5. The Labute approximate surface area is 110 Å². The molecule has 1 aliphatic heterocycles. The van der Waals surface area contributed by atoms with Crippen molar-refractivity contribution in [2.24, 2.45) is 0 Å². The molecule has 4 heteroatoms. The summed E-state index contributed by atoms with van der Waals surface area (Å²) in [6, 6.07) is 10.9. The second kappa shape index (κ2) is 5.24. The average Bonchev–Trinajstić information content (AvgIpc) is 2.66. The van der Waals surface area contributed by atoms with Crippen LogP contribution in [0.5, 0.6) is 0 Å². The Hall–Kier alpha value is -1.13. The minimum Gasteiger partial charge on any atom is -0.481 e. The highest BCUT2D eigenvalue weighted by atomic mass is 28.3. The summed E-state index contributed by atoms with van der Waals surface area (Å²) in [4.78, 5) is 11.5. The molecule has 1 aromatic carbocycles. The first kappa shape index (κ1) is 13.3. The van der Waals surface area contributed by atoms with E-state index in [9.17, 15) is 9.90 Å². The standard InChI is InChI=1S/C14H21NO2Si/c1-18(2)10-6-9-15(18)11-13(14(16)17)12-7-4-3-5-8-12/h3-5,7-8,13H,6,9-11H2,1-2H3,(H,16,17). The molecule has 1 unspecified atom stereocenters. The molecular weight excluding hydrogens is 242 g/mol. The van der Waals surface area contributed by atoms with E-state index in [2.05, 4.69) is 17.7 Å². The van der Waals surface area contributed by atoms with Crippen LogP contribution in [0.15, 0.2) is 30.3 Å². The van der Waals surface area contributed by atoms with Crippen molar-refractivity contribution in [3.8, 4) is 0 Å². The van der Waals surface area contributed by atoms with Gasteiger partial charge in [0.25, 0.3) is 0 Å². The Kier molecular flexibility index (Phi) is 3.87. The average molecular weight is 263 g/mol. The normalized spacial score (nSPS) is 20.8. The Morgan fingerprint density at radius 2 is 2.06 bits per heavy atom. The van der Waals surface area contributed by atoms with Crippen molar-refractivity contribution >= 4 is 14.2 Å². The summed E-state index contributed by atoms with van der Waals surface area (Å²) in [5.41, 5.74) is 0.918. The fraction of sp³-hybridized carbons (Fsp3) is 0.500. The lowest BCUT2D eigenvalue weighted by Crippen LogP contribution is -2.46. The van der Waals surface area contributed by atoms with E-state index in [1.807, 2.05) is 30.3 Å². The molecular formula is C14H21NO2Si. The topological polar surface area (TPSA) is 40.5 Å². The second-order valence-electron chi connectivity index (χ2n) is 5.66. The van der Waals surface area contributed by atoms with Crippen molar-refractivity contribution in [2.45, 2.75) is 31.5 Å². The zero-order valence-corrected chi connectivity index (χ0v) is 12.1. The van der Waals surface area contributed by atoms with Crippen LogP contribution in [0.1, 0.15) is 17.9 Å². The highest BCUT2D eigenvalue weighted by Gasteiger charge is 2.37. The van der Waals surface area contributed by atoms with E-state index in [-0.39, 0.29) is 0 Å². The number of aliphatic carboxylic acids is 1. The second-order valence-corrected chi connectivity index (χ2v) is 10.4. The van der Waals surface area contributed by atoms with Crippen molar-refractivity contribution in [1.29, 1.82) is 0 Å². The molecule has 0 radical (unpaired) electrons. The van der Waals surface area contributed by atoms with Gasteiger partial charge < -0.3 is 9.67 Å². The zero-order valence-electron chi connectivity index (χ0n) is 11.1. The van der Waals surface area contributed by atoms with Crippen molar-refractivity contribution in [3.63, 3.8) is 0 Å². The lowest BCUT2D eigenvalue weighted by atomic mass is 9.99. The van der Waals surface area contributed by atoms with E-state index in [4.69, 9.17) is 0 Å². The van der Waals surface area contributed by atoms with Crippen molar-refractivity contribution in [1.82, 2.24) is 4.57 Å². The molecule has 1 N–H and O–H groups in total. The van der Waals surface area contributed by atoms with Crippen molar-refractivity contribution in [2.75, 3.05) is 13.1 Å². The molecule has 0 saturated carbocycles. The third-order valence-corrected chi connectivity index (χ3v) is 7.67. The van der Waals surface area contributed by atoms with Gasteiger partial charge in [-0.2, -0.15) is 0 Å². The van der Waals surface area contributed by atoms with Crippen molar-refractivity contribution < 1.29 is 9.90 Å². The lowest BCUT2D eigenvalue weighted by Gasteiger charge is -2.32. The van der Waals surface area contributed by atoms with E-state index in [1.54, 1.807) is 0 Å². The van der Waals surface area contributed by atoms with Gasteiger partial charge in [0.2, 0.25) is 0 Å². The number of hydrogen-bond donors (Lipinski definition) is 1. The van der Waals surface area contributed by atoms with Crippen LogP contribution in [-0.2, 0) is 4.79 Å². The van der Waals surface area contributed by atoms with Crippen LogP contribution in [0.2, 0.25) is 19.1 Å². The fourth-order valence-corrected chi connectivity index (χ4v) is 5.51. The molecule has 0 spiro atoms. The summed E-state index contributed by atoms with van der Waals surface area (Å²) in [6.45, 7) is 6.40. The van der Waals surface area contributed by atoms with Gasteiger partial charge in [-0.15, -0.1) is 0 Å². The maximum Gasteiger partial charge on any atom is 0.312 e. The molecule has 1 aliphatic rings. The number of hydrogen-bond acceptors (Lipinski definition) is 2. The lowest BCUT2D eigenvalue weighted by molar-refractivity contribution is -0.139. The number of rotatable bonds is 4. The first-order valence-electron chi connectivity index (χ1n) is 6.53. The van der Waals surface area contributed by atoms with Gasteiger partial charge in [0.15, 0.2) is 0 Å². The van der Waals surface area contributed by atoms with Crippen LogP contribution in [0.3, 0.4) is 0 Å². The SMILES string of the molecule is C[Si]1(C)CCCN1CC(C(=O)O)c1ccccc1. The van der Waals surface area contributed by atoms with Crippen molar-refractivity contribution in [3.05, 3.63) is 35.9 Å². The van der Waals surface area contributed by atoms with Gasteiger partial charge in [-0.3, -0.25) is 4.79 Å². The Morgan fingerprint density at radius 3 is 2.56 bits per heavy atom. The minimum atomic E-state index is -1.34. The fourth-order valence-electron chi connectivity index (χ4n) is 2.73. The van der Waals surface area contributed by atoms with Crippen LogP contribution in [-0.4, -0.2) is 37.0 Å². The maximum absolute atomic E-state index is 11.5. The molecule has 18 heavy (non-hydrogen) atoms. The Bertz CT molecular complexity index is 419. The van der Waals surface area contributed by atoms with Crippen LogP contribution in [0.25, 0.3) is 0 Å². The van der Waals surface area contributed by atoms with Gasteiger partial charge in [-0.25, -0.2) is 0 Å². The Balaban J connectivity index is 2.15. The van der Waals surface area contributed by atoms with Gasteiger partial charge in [0.05, 0.1) is 5.92 Å². The predicted molar refractivity (Wildman–Crippen MR) is 75.3 cm³/mol. The summed E-state index contributed by atoms with van der Waals surface area (Å²) in [6.07, 6.45) is 1.22. The molecule has 0 bridgehead atoms.